The van der Waals surface area contributed by atoms with Gasteiger partial charge in [0, 0.05) is 0 Å². The van der Waals surface area contributed by atoms with E-state index >= 15 is 0 Å². The predicted molar refractivity (Wildman–Crippen MR) is 23.9 cm³/mol. The van der Waals surface area contributed by atoms with Crippen molar-refractivity contribution in [2.24, 2.45) is 0 Å². The summed E-state index contributed by atoms with van der Waals surface area (Å²) in [7, 11) is 0. The van der Waals surface area contributed by atoms with E-state index < -0.39 is 23.3 Å². The average molecular weight is 709 g/mol. The number of hydrogen-bond donors (Lipinski definition) is 0. The first-order valence-electron chi connectivity index (χ1n) is 2.26. The molecule has 0 nitrogen and oxygen atoms in total. The molecule has 0 heterocycles. The van der Waals surface area contributed by atoms with Gasteiger partial charge in [0.1, 0.15) is 0 Å². The Morgan fingerprint density at radius 3 is 1.07 bits per heavy atom. The third kappa shape index (κ3) is 6.23. The van der Waals surface area contributed by atoms with Crippen molar-refractivity contribution in [1.29, 1.82) is 0 Å². The predicted octanol–water partition coefficient (Wildman–Crippen LogP) is -4.15. The second kappa shape index (κ2) is 11.1. The summed E-state index contributed by atoms with van der Waals surface area (Å²) in [5, 5.41) is 0. The number of rotatable bonds is 0. The summed E-state index contributed by atoms with van der Waals surface area (Å²) < 4.78 is 47.7. The molecule has 8 heteroatoms. The van der Waals surface area contributed by atoms with Gasteiger partial charge < -0.3 is 34.0 Å². The minimum atomic E-state index is -1.86. The largest absolute Gasteiger partial charge is 1.00 e. The van der Waals surface area contributed by atoms with Gasteiger partial charge in [0.25, 0.3) is 0 Å². The molecule has 0 aliphatic rings. The first-order chi connectivity index (χ1) is 4.63. The van der Waals surface area contributed by atoms with Crippen LogP contribution in [0.5, 0.6) is 0 Å². The van der Waals surface area contributed by atoms with Crippen LogP contribution in [-0.2, 0) is 55.3 Å². The maximum atomic E-state index is 12.0. The van der Waals surface area contributed by atoms with Gasteiger partial charge >= 0.3 is 55.3 Å². The van der Waals surface area contributed by atoms with Crippen LogP contribution in [0.2, 0.25) is 0 Å². The fourth-order valence-electron chi connectivity index (χ4n) is 0.412. The van der Waals surface area contributed by atoms with Crippen LogP contribution in [0.3, 0.4) is 0 Å². The standard InChI is InChI=1S/C6F4.2BrH.2Hg/c7-3-1-2-4(8)6(10)5(3)9;;;;/h;2*1H;;/q;;;2*+1/p-2. The Morgan fingerprint density at radius 2 is 0.857 bits per heavy atom. The zero-order chi connectivity index (χ0) is 7.72. The van der Waals surface area contributed by atoms with Gasteiger partial charge in [0.05, 0.1) is 0 Å². The maximum absolute atomic E-state index is 12.0. The molecule has 0 N–H and O–H groups in total. The molecule has 1 aromatic carbocycles. The summed E-state index contributed by atoms with van der Waals surface area (Å²) in [5.41, 5.74) is 0. The van der Waals surface area contributed by atoms with E-state index in [1.165, 1.54) is 12.1 Å². The summed E-state index contributed by atoms with van der Waals surface area (Å²) >= 11 is 0. The van der Waals surface area contributed by atoms with Gasteiger partial charge in [-0.25, -0.2) is 0 Å². The zero-order valence-electron chi connectivity index (χ0n) is 6.68. The molecule has 0 amide bonds. The Labute approximate surface area is 140 Å². The van der Waals surface area contributed by atoms with E-state index in [9.17, 15) is 17.6 Å². The molecule has 0 aromatic heterocycles. The summed E-state index contributed by atoms with van der Waals surface area (Å²) in [4.78, 5) is 0. The van der Waals surface area contributed by atoms with E-state index in [1.54, 1.807) is 0 Å². The molecule has 0 bridgehead atoms. The maximum Gasteiger partial charge on any atom is 1.00 e. The van der Waals surface area contributed by atoms with E-state index in [4.69, 9.17) is 0 Å². The van der Waals surface area contributed by atoms with Crippen molar-refractivity contribution in [3.8, 4) is 0 Å². The number of halogens is 6. The molecular formula is C6Br2F4Hg2. The monoisotopic (exact) mass is 710 g/mol. The second-order valence-electron chi connectivity index (χ2n) is 1.51. The number of hydrogen-bond acceptors (Lipinski definition) is 0. The van der Waals surface area contributed by atoms with Crippen LogP contribution in [0.4, 0.5) is 17.6 Å². The van der Waals surface area contributed by atoms with Gasteiger partial charge in [-0.2, -0.15) is 17.6 Å². The Morgan fingerprint density at radius 1 is 0.643 bits per heavy atom. The van der Waals surface area contributed by atoms with Crippen molar-refractivity contribution < 1.29 is 107 Å². The van der Waals surface area contributed by atoms with Crippen molar-refractivity contribution in [2.75, 3.05) is 0 Å². The molecule has 0 spiro atoms. The smallest absolute Gasteiger partial charge is 1.00 e. The van der Waals surface area contributed by atoms with E-state index in [2.05, 4.69) is 0 Å². The Kier molecular flexibility index (Phi) is 19.6. The van der Waals surface area contributed by atoms with Gasteiger partial charge in [0.15, 0.2) is 0 Å². The minimum absolute atomic E-state index is 0. The molecule has 14 heavy (non-hydrogen) atoms. The summed E-state index contributed by atoms with van der Waals surface area (Å²) in [6, 6.07) is 2.85. The average Bonchev–Trinajstić information content (AvgIpc) is 1.93. The third-order valence-electron chi connectivity index (χ3n) is 0.860. The third-order valence-corrected chi connectivity index (χ3v) is 0.860. The molecule has 70 valence electrons. The van der Waals surface area contributed by atoms with Crippen molar-refractivity contribution in [3.05, 3.63) is 35.4 Å². The van der Waals surface area contributed by atoms with Crippen LogP contribution in [-0.4, -0.2) is 0 Å². The molecule has 0 saturated heterocycles. The van der Waals surface area contributed by atoms with Gasteiger partial charge in [-0.1, -0.05) is 0 Å². The van der Waals surface area contributed by atoms with Gasteiger partial charge in [-0.15, -0.1) is 0 Å². The van der Waals surface area contributed by atoms with Crippen LogP contribution >= 0.6 is 0 Å². The molecule has 2 radical (unpaired) electrons. The SMILES string of the molecule is Fc1c#cc(F)c(F)c1F.[Br-].[Br-].[Hg+].[Hg+]. The fraction of sp³-hybridized carbons (Fsp3) is 0. The molecule has 0 atom stereocenters. The summed E-state index contributed by atoms with van der Waals surface area (Å²) in [6.07, 6.45) is 0. The molecule has 0 saturated carbocycles. The summed E-state index contributed by atoms with van der Waals surface area (Å²) in [6.45, 7) is 0. The zero-order valence-corrected chi connectivity index (χ0v) is 20.8. The van der Waals surface area contributed by atoms with E-state index in [-0.39, 0.29) is 89.3 Å². The van der Waals surface area contributed by atoms with Crippen LogP contribution in [0.1, 0.15) is 0 Å². The van der Waals surface area contributed by atoms with Crippen molar-refractivity contribution in [3.63, 3.8) is 0 Å². The minimum Gasteiger partial charge on any atom is -1.00 e. The first-order valence-corrected chi connectivity index (χ1v) is 2.26. The quantitative estimate of drug-likeness (QED) is 0.190. The Hall–Kier alpha value is 1.59. The Bertz CT molecular complexity index is 245. The van der Waals surface area contributed by atoms with Crippen molar-refractivity contribution in [2.45, 2.75) is 0 Å². The van der Waals surface area contributed by atoms with Crippen LogP contribution in [0.25, 0.3) is 0 Å². The van der Waals surface area contributed by atoms with Crippen LogP contribution < -0.4 is 34.0 Å². The molecule has 0 fully saturated rings. The van der Waals surface area contributed by atoms with Gasteiger partial charge in [0.2, 0.25) is 23.3 Å². The summed E-state index contributed by atoms with van der Waals surface area (Å²) in [5.74, 6) is -6.87. The van der Waals surface area contributed by atoms with Crippen molar-refractivity contribution >= 4 is 0 Å². The molecule has 1 aromatic rings. The topological polar surface area (TPSA) is 0 Å². The van der Waals surface area contributed by atoms with E-state index in [0.717, 1.165) is 0 Å². The molecule has 0 aliphatic heterocycles. The molecular weight excluding hydrogens is 709 g/mol. The molecule has 0 aliphatic carbocycles. The normalized spacial score (nSPS) is 6.57. The fourth-order valence-corrected chi connectivity index (χ4v) is 0.412. The van der Waals surface area contributed by atoms with Crippen LogP contribution in [0.15, 0.2) is 0 Å². The van der Waals surface area contributed by atoms with Gasteiger partial charge in [-0.05, 0) is 12.1 Å². The van der Waals surface area contributed by atoms with Crippen LogP contribution in [0, 0.1) is 35.4 Å². The second-order valence-corrected chi connectivity index (χ2v) is 1.51. The molecule has 0 unspecified atom stereocenters. The Balaban J connectivity index is -0.000000125. The van der Waals surface area contributed by atoms with Crippen molar-refractivity contribution in [1.82, 2.24) is 0 Å². The molecule has 1 rings (SSSR count). The van der Waals surface area contributed by atoms with E-state index in [1.807, 2.05) is 0 Å². The first kappa shape index (κ1) is 24.7. The van der Waals surface area contributed by atoms with Gasteiger partial charge in [-0.3, -0.25) is 0 Å². The van der Waals surface area contributed by atoms with E-state index in [0.29, 0.717) is 0 Å².